The van der Waals surface area contributed by atoms with Gasteiger partial charge in [-0.2, -0.15) is 0 Å². The van der Waals surface area contributed by atoms with Gasteiger partial charge in [0, 0.05) is 22.5 Å². The molecule has 0 fully saturated rings. The van der Waals surface area contributed by atoms with E-state index in [0.29, 0.717) is 11.4 Å². The third kappa shape index (κ3) is 2.79. The van der Waals surface area contributed by atoms with E-state index in [1.807, 2.05) is 43.3 Å². The number of rotatable bonds is 2. The van der Waals surface area contributed by atoms with E-state index < -0.39 is 7.40 Å². The molecule has 2 aliphatic carbocycles. The normalized spacial score (nSPS) is 17.8. The predicted octanol–water partition coefficient (Wildman–Crippen LogP) is 6.13. The number of nitrogens with zero attached hydrogens (tertiary/aromatic N) is 2. The number of halogens is 2. The van der Waals surface area contributed by atoms with Gasteiger partial charge < -0.3 is 4.48 Å². The first-order valence-corrected chi connectivity index (χ1v) is 10.8. The van der Waals surface area contributed by atoms with Crippen LogP contribution in [0.1, 0.15) is 41.3 Å². The molecule has 0 atom stereocenters. The molecule has 0 saturated heterocycles. The third-order valence-electron chi connectivity index (χ3n) is 6.80. The minimum Gasteiger partial charge on any atom is -0.325 e. The summed E-state index contributed by atoms with van der Waals surface area (Å²) in [7, 11) is -2.61. The Labute approximate surface area is 180 Å². The van der Waals surface area contributed by atoms with Crippen LogP contribution in [0.3, 0.4) is 0 Å². The molecule has 6 rings (SSSR count). The van der Waals surface area contributed by atoms with Gasteiger partial charge in [-0.25, -0.2) is 4.99 Å². The lowest BCUT2D eigenvalue weighted by atomic mass is 9.87. The number of aliphatic imine (C=N–C) groups is 1. The lowest BCUT2D eigenvalue weighted by molar-refractivity contribution is 0.629. The zero-order chi connectivity index (χ0) is 21.1. The number of aromatic nitrogens is 1. The Morgan fingerprint density at radius 3 is 2.29 bits per heavy atom. The van der Waals surface area contributed by atoms with Crippen molar-refractivity contribution >= 4 is 18.7 Å². The van der Waals surface area contributed by atoms with E-state index >= 15 is 0 Å². The Morgan fingerprint density at radius 2 is 1.52 bits per heavy atom. The molecule has 1 aliphatic heterocycles. The van der Waals surface area contributed by atoms with E-state index in [0.717, 1.165) is 59.4 Å². The number of hydrogen-bond acceptors (Lipinski definition) is 1. The van der Waals surface area contributed by atoms with E-state index in [4.69, 9.17) is 4.99 Å². The maximum atomic E-state index is 14.4. The number of fused-ring (bicyclic) bond motifs is 6. The fourth-order valence-electron chi connectivity index (χ4n) is 5.25. The highest BCUT2D eigenvalue weighted by atomic mass is 19.2. The second kappa shape index (κ2) is 6.91. The first-order chi connectivity index (χ1) is 15.1. The van der Waals surface area contributed by atoms with Gasteiger partial charge in [-0.05, 0) is 72.6 Å². The van der Waals surface area contributed by atoms with Crippen LogP contribution in [-0.2, 0) is 19.3 Å². The van der Waals surface area contributed by atoms with E-state index in [2.05, 4.69) is 24.3 Å². The average Bonchev–Trinajstić information content (AvgIpc) is 3.41. The van der Waals surface area contributed by atoms with Crippen molar-refractivity contribution in [1.82, 2.24) is 4.48 Å². The lowest BCUT2D eigenvalue weighted by Crippen LogP contribution is -2.18. The molecule has 152 valence electrons. The van der Waals surface area contributed by atoms with Gasteiger partial charge in [0.25, 0.3) is 0 Å². The molecule has 0 amide bonds. The highest BCUT2D eigenvalue weighted by Crippen LogP contribution is 2.40. The van der Waals surface area contributed by atoms with Crippen molar-refractivity contribution in [2.45, 2.75) is 32.6 Å². The first-order valence-electron chi connectivity index (χ1n) is 10.8. The smallest absolute Gasteiger partial charge is 0.325 e. The minimum absolute atomic E-state index is 0.569. The summed E-state index contributed by atoms with van der Waals surface area (Å²) in [6, 6.07) is 18.2. The molecule has 1 aromatic heterocycles. The van der Waals surface area contributed by atoms with Gasteiger partial charge in [-0.3, -0.25) is 8.63 Å². The van der Waals surface area contributed by atoms with Crippen molar-refractivity contribution in [2.24, 2.45) is 4.99 Å². The van der Waals surface area contributed by atoms with Crippen LogP contribution in [0.25, 0.3) is 16.8 Å². The molecule has 0 radical (unpaired) electrons. The summed E-state index contributed by atoms with van der Waals surface area (Å²) < 4.78 is 30.0. The molecule has 5 heteroatoms. The summed E-state index contributed by atoms with van der Waals surface area (Å²) in [6.07, 6.45) is 5.69. The molecule has 3 aliphatic rings. The molecule has 2 aromatic carbocycles. The lowest BCUT2D eigenvalue weighted by Gasteiger charge is -2.19. The van der Waals surface area contributed by atoms with Crippen LogP contribution in [0, 0.1) is 0 Å². The van der Waals surface area contributed by atoms with Crippen LogP contribution in [0.15, 0.2) is 76.9 Å². The second-order valence-corrected chi connectivity index (χ2v) is 8.51. The molecular formula is C26H21BF2N2. The second-order valence-electron chi connectivity index (χ2n) is 8.51. The van der Waals surface area contributed by atoms with Crippen LogP contribution >= 0.6 is 0 Å². The van der Waals surface area contributed by atoms with Crippen molar-refractivity contribution in [3.8, 4) is 11.3 Å². The van der Waals surface area contributed by atoms with Crippen molar-refractivity contribution in [2.75, 3.05) is 0 Å². The topological polar surface area (TPSA) is 17.3 Å². The molecule has 3 aromatic rings. The molecule has 0 spiro atoms. The maximum Gasteiger partial charge on any atom is 0.678 e. The minimum atomic E-state index is -2.61. The van der Waals surface area contributed by atoms with Crippen molar-refractivity contribution < 1.29 is 8.63 Å². The zero-order valence-corrected chi connectivity index (χ0v) is 17.3. The predicted molar refractivity (Wildman–Crippen MR) is 123 cm³/mol. The Balaban J connectivity index is 1.53. The summed E-state index contributed by atoms with van der Waals surface area (Å²) in [5.74, 6) is 0. The average molecular weight is 410 g/mol. The highest BCUT2D eigenvalue weighted by Gasteiger charge is 2.32. The first kappa shape index (κ1) is 18.6. The summed E-state index contributed by atoms with van der Waals surface area (Å²) in [6.45, 7) is 1.92. The standard InChI is InChI=1S/C26H21BF2N2/c1-16(23-14-19-12-10-17-6-2-4-8-21(17)25(19)30-23)24-15-20-13-11-18-7-3-5-9-22(18)26(20)31(24)27(28)29/h2-9,14-15H,10-13H2,1H3/b23-16-. The molecule has 0 bridgehead atoms. The number of hydrogen-bond donors (Lipinski definition) is 0. The highest BCUT2D eigenvalue weighted by molar-refractivity contribution is 6.42. The number of allylic oxidation sites excluding steroid dienone is 3. The van der Waals surface area contributed by atoms with Crippen LogP contribution < -0.4 is 0 Å². The van der Waals surface area contributed by atoms with E-state index in [-0.39, 0.29) is 0 Å². The molecule has 0 N–H and O–H groups in total. The van der Waals surface area contributed by atoms with Crippen molar-refractivity contribution in [1.29, 1.82) is 0 Å². The summed E-state index contributed by atoms with van der Waals surface area (Å²) in [4.78, 5) is 4.92. The molecule has 31 heavy (non-hydrogen) atoms. The summed E-state index contributed by atoms with van der Waals surface area (Å²) in [5.41, 5.74) is 10.6. The number of benzene rings is 2. The van der Waals surface area contributed by atoms with Gasteiger partial charge >= 0.3 is 7.40 Å². The fraction of sp³-hybridized carbons (Fsp3) is 0.192. The van der Waals surface area contributed by atoms with Gasteiger partial charge in [0.15, 0.2) is 0 Å². The van der Waals surface area contributed by atoms with Crippen LogP contribution in [0.5, 0.6) is 0 Å². The van der Waals surface area contributed by atoms with Crippen LogP contribution in [0.4, 0.5) is 8.63 Å². The van der Waals surface area contributed by atoms with Gasteiger partial charge in [-0.15, -0.1) is 0 Å². The van der Waals surface area contributed by atoms with Gasteiger partial charge in [-0.1, -0.05) is 48.5 Å². The summed E-state index contributed by atoms with van der Waals surface area (Å²) >= 11 is 0. The Kier molecular flexibility index (Phi) is 4.14. The van der Waals surface area contributed by atoms with Crippen molar-refractivity contribution in [3.63, 3.8) is 0 Å². The molecule has 0 unspecified atom stereocenters. The van der Waals surface area contributed by atoms with Gasteiger partial charge in [0.05, 0.1) is 11.4 Å². The summed E-state index contributed by atoms with van der Waals surface area (Å²) in [5, 5.41) is 0. The fourth-order valence-corrected chi connectivity index (χ4v) is 5.25. The van der Waals surface area contributed by atoms with Crippen LogP contribution in [-0.4, -0.2) is 17.6 Å². The molecule has 0 saturated carbocycles. The zero-order valence-electron chi connectivity index (χ0n) is 17.3. The largest absolute Gasteiger partial charge is 0.678 e. The Bertz CT molecular complexity index is 1330. The SMILES string of the molecule is C/C(=C1\C=C2CCc3ccccc3C2=N1)c1cc2c(n1B(F)F)-c1ccccc1CC2. The maximum absolute atomic E-state index is 14.4. The Hall–Kier alpha value is -3.21. The van der Waals surface area contributed by atoms with E-state index in [9.17, 15) is 8.63 Å². The molecule has 2 nitrogen and oxygen atoms in total. The monoisotopic (exact) mass is 410 g/mol. The van der Waals surface area contributed by atoms with Crippen LogP contribution in [0.2, 0.25) is 0 Å². The third-order valence-corrected chi connectivity index (χ3v) is 6.80. The molecule has 2 heterocycles. The van der Waals surface area contributed by atoms with E-state index in [1.54, 1.807) is 0 Å². The number of aryl methyl sites for hydroxylation is 3. The quantitative estimate of drug-likeness (QED) is 0.452. The van der Waals surface area contributed by atoms with Crippen molar-refractivity contribution in [3.05, 3.63) is 99.9 Å². The molecular weight excluding hydrogens is 389 g/mol. The van der Waals surface area contributed by atoms with E-state index in [1.165, 1.54) is 21.2 Å². The Morgan fingerprint density at radius 1 is 0.871 bits per heavy atom. The van der Waals surface area contributed by atoms with Gasteiger partial charge in [0.2, 0.25) is 0 Å². The van der Waals surface area contributed by atoms with Gasteiger partial charge in [0.1, 0.15) is 0 Å².